The number of nitrogens with one attached hydrogen (secondary N) is 1. The summed E-state index contributed by atoms with van der Waals surface area (Å²) in [6, 6.07) is 0. The molecule has 0 aliphatic rings. The molecule has 6 heteroatoms. The van der Waals surface area contributed by atoms with E-state index in [4.69, 9.17) is 15.3 Å². The predicted octanol–water partition coefficient (Wildman–Crippen LogP) is -0.0748. The normalized spacial score (nSPS) is 10.1. The highest BCUT2D eigenvalue weighted by Crippen LogP contribution is 1.99. The van der Waals surface area contributed by atoms with Gasteiger partial charge in [0.15, 0.2) is 5.82 Å². The minimum absolute atomic E-state index is 0.432. The second kappa shape index (κ2) is 6.25. The summed E-state index contributed by atoms with van der Waals surface area (Å²) in [7, 11) is 1.63. The molecule has 0 unspecified atom stereocenters. The molecule has 1 aromatic rings. The summed E-state index contributed by atoms with van der Waals surface area (Å²) in [5.41, 5.74) is 3.16. The van der Waals surface area contributed by atoms with Gasteiger partial charge in [0, 0.05) is 7.11 Å². The molecule has 0 aromatic carbocycles. The van der Waals surface area contributed by atoms with Crippen LogP contribution in [0.3, 0.4) is 0 Å². The molecule has 0 atom stereocenters. The maximum atomic E-state index is 5.25. The van der Waals surface area contributed by atoms with E-state index in [9.17, 15) is 0 Å². The quantitative estimate of drug-likeness (QED) is 0.378. The van der Waals surface area contributed by atoms with Crippen molar-refractivity contribution in [3.05, 3.63) is 18.1 Å². The average Bonchev–Trinajstić information content (AvgIpc) is 2.25. The fourth-order valence-corrected chi connectivity index (χ4v) is 0.823. The second-order valence-corrected chi connectivity index (χ2v) is 2.58. The van der Waals surface area contributed by atoms with E-state index in [0.29, 0.717) is 25.6 Å². The van der Waals surface area contributed by atoms with Crippen LogP contribution in [0.5, 0.6) is 0 Å². The lowest BCUT2D eigenvalue weighted by Gasteiger charge is -2.03. The fourth-order valence-electron chi connectivity index (χ4n) is 0.823. The van der Waals surface area contributed by atoms with Crippen LogP contribution in [0.1, 0.15) is 5.69 Å². The molecule has 0 saturated heterocycles. The van der Waals surface area contributed by atoms with Gasteiger partial charge in [-0.05, 0) is 0 Å². The van der Waals surface area contributed by atoms with Crippen LogP contribution in [-0.4, -0.2) is 30.3 Å². The summed E-state index contributed by atoms with van der Waals surface area (Å²) < 4.78 is 10.1. The number of methoxy groups -OCH3 is 1. The molecule has 3 N–H and O–H groups in total. The largest absolute Gasteiger partial charge is 0.382 e. The molecule has 0 aliphatic carbocycles. The number of nitrogen functional groups attached to an aromatic ring is 1. The van der Waals surface area contributed by atoms with Crippen molar-refractivity contribution in [1.29, 1.82) is 0 Å². The van der Waals surface area contributed by atoms with Crippen LogP contribution in [0.25, 0.3) is 0 Å². The van der Waals surface area contributed by atoms with Crippen LogP contribution < -0.4 is 11.3 Å². The molecule has 78 valence electrons. The van der Waals surface area contributed by atoms with Crippen molar-refractivity contribution in [2.75, 3.05) is 25.7 Å². The van der Waals surface area contributed by atoms with E-state index in [1.165, 1.54) is 0 Å². The highest BCUT2D eigenvalue weighted by molar-refractivity contribution is 5.28. The Kier molecular flexibility index (Phi) is 4.84. The molecule has 6 nitrogen and oxygen atoms in total. The van der Waals surface area contributed by atoms with Gasteiger partial charge in [-0.3, -0.25) is 4.98 Å². The molecule has 0 amide bonds. The zero-order chi connectivity index (χ0) is 10.2. The summed E-state index contributed by atoms with van der Waals surface area (Å²) in [4.78, 5) is 8.06. The van der Waals surface area contributed by atoms with Crippen LogP contribution in [-0.2, 0) is 16.1 Å². The number of hydrogen-bond acceptors (Lipinski definition) is 6. The van der Waals surface area contributed by atoms with Gasteiger partial charge in [-0.1, -0.05) is 0 Å². The number of nitrogens with two attached hydrogens (primary N) is 1. The Morgan fingerprint density at radius 2 is 2.21 bits per heavy atom. The van der Waals surface area contributed by atoms with Crippen molar-refractivity contribution in [2.24, 2.45) is 5.84 Å². The van der Waals surface area contributed by atoms with Gasteiger partial charge < -0.3 is 14.9 Å². The summed E-state index contributed by atoms with van der Waals surface area (Å²) in [6.07, 6.45) is 3.16. The number of aromatic nitrogens is 2. The van der Waals surface area contributed by atoms with E-state index in [1.54, 1.807) is 19.5 Å². The highest BCUT2D eigenvalue weighted by atomic mass is 16.5. The van der Waals surface area contributed by atoms with Crippen LogP contribution in [0.15, 0.2) is 12.4 Å². The lowest BCUT2D eigenvalue weighted by Crippen LogP contribution is -2.09. The third kappa shape index (κ3) is 3.65. The first-order chi connectivity index (χ1) is 6.86. The van der Waals surface area contributed by atoms with E-state index >= 15 is 0 Å². The Hall–Kier alpha value is -1.24. The lowest BCUT2D eigenvalue weighted by atomic mass is 10.5. The first-order valence-electron chi connectivity index (χ1n) is 4.21. The van der Waals surface area contributed by atoms with Crippen molar-refractivity contribution in [3.63, 3.8) is 0 Å². The van der Waals surface area contributed by atoms with E-state index in [2.05, 4.69) is 15.4 Å². The minimum atomic E-state index is 0.432. The van der Waals surface area contributed by atoms with Gasteiger partial charge in [0.25, 0.3) is 0 Å². The number of rotatable bonds is 6. The van der Waals surface area contributed by atoms with Crippen LogP contribution in [0.2, 0.25) is 0 Å². The van der Waals surface area contributed by atoms with Crippen LogP contribution >= 0.6 is 0 Å². The van der Waals surface area contributed by atoms with Crippen molar-refractivity contribution < 1.29 is 9.47 Å². The zero-order valence-electron chi connectivity index (χ0n) is 8.06. The molecule has 0 bridgehead atoms. The topological polar surface area (TPSA) is 82.3 Å². The number of hydrogen-bond donors (Lipinski definition) is 2. The molecule has 0 fully saturated rings. The standard InChI is InChI=1S/C8H14N4O2/c1-13-2-3-14-6-7-4-11-8(12-9)5-10-7/h4-5H,2-3,6,9H2,1H3,(H,11,12). The molecule has 0 radical (unpaired) electrons. The van der Waals surface area contributed by atoms with E-state index in [-0.39, 0.29) is 0 Å². The number of anilines is 1. The number of hydrazine groups is 1. The van der Waals surface area contributed by atoms with Crippen molar-refractivity contribution in [3.8, 4) is 0 Å². The average molecular weight is 198 g/mol. The van der Waals surface area contributed by atoms with E-state index in [0.717, 1.165) is 5.69 Å². The maximum absolute atomic E-state index is 5.25. The SMILES string of the molecule is COCCOCc1cnc(NN)cn1. The monoisotopic (exact) mass is 198 g/mol. The molecule has 0 aliphatic heterocycles. The molecule has 14 heavy (non-hydrogen) atoms. The Labute approximate surface area is 82.4 Å². The highest BCUT2D eigenvalue weighted by Gasteiger charge is 1.96. The number of ether oxygens (including phenoxy) is 2. The third-order valence-corrected chi connectivity index (χ3v) is 1.53. The van der Waals surface area contributed by atoms with Gasteiger partial charge in [-0.15, -0.1) is 0 Å². The van der Waals surface area contributed by atoms with Gasteiger partial charge in [-0.2, -0.15) is 0 Å². The first kappa shape index (κ1) is 10.8. The molecule has 1 heterocycles. The van der Waals surface area contributed by atoms with Gasteiger partial charge in [0.1, 0.15) is 0 Å². The molecular formula is C8H14N4O2. The Morgan fingerprint density at radius 1 is 1.36 bits per heavy atom. The predicted molar refractivity (Wildman–Crippen MR) is 51.4 cm³/mol. The number of nitrogens with zero attached hydrogens (tertiary/aromatic N) is 2. The van der Waals surface area contributed by atoms with Crippen molar-refractivity contribution in [1.82, 2.24) is 9.97 Å². The Morgan fingerprint density at radius 3 is 2.79 bits per heavy atom. The zero-order valence-corrected chi connectivity index (χ0v) is 8.06. The second-order valence-electron chi connectivity index (χ2n) is 2.58. The van der Waals surface area contributed by atoms with Crippen LogP contribution in [0.4, 0.5) is 5.82 Å². The lowest BCUT2D eigenvalue weighted by molar-refractivity contribution is 0.0601. The summed E-state index contributed by atoms with van der Waals surface area (Å²) in [5.74, 6) is 5.67. The van der Waals surface area contributed by atoms with Gasteiger partial charge >= 0.3 is 0 Å². The minimum Gasteiger partial charge on any atom is -0.382 e. The van der Waals surface area contributed by atoms with Crippen molar-refractivity contribution >= 4 is 5.82 Å². The van der Waals surface area contributed by atoms with Gasteiger partial charge in [0.05, 0.1) is 37.9 Å². The Bertz CT molecular complexity index is 252. The summed E-state index contributed by atoms with van der Waals surface area (Å²) in [5, 5.41) is 0. The molecular weight excluding hydrogens is 184 g/mol. The van der Waals surface area contributed by atoms with Crippen molar-refractivity contribution in [2.45, 2.75) is 6.61 Å². The fraction of sp³-hybridized carbons (Fsp3) is 0.500. The molecule has 1 aromatic heterocycles. The van der Waals surface area contributed by atoms with Gasteiger partial charge in [0.2, 0.25) is 0 Å². The van der Waals surface area contributed by atoms with Gasteiger partial charge in [-0.25, -0.2) is 10.8 Å². The summed E-state index contributed by atoms with van der Waals surface area (Å²) in [6.45, 7) is 1.56. The third-order valence-electron chi connectivity index (χ3n) is 1.53. The molecule has 0 spiro atoms. The first-order valence-corrected chi connectivity index (χ1v) is 4.21. The smallest absolute Gasteiger partial charge is 0.158 e. The van der Waals surface area contributed by atoms with E-state index in [1.807, 2.05) is 0 Å². The Balaban J connectivity index is 2.29. The summed E-state index contributed by atoms with van der Waals surface area (Å²) >= 11 is 0. The van der Waals surface area contributed by atoms with E-state index < -0.39 is 0 Å². The van der Waals surface area contributed by atoms with Crippen LogP contribution in [0, 0.1) is 0 Å². The molecule has 1 rings (SSSR count). The molecule has 0 saturated carbocycles. The maximum Gasteiger partial charge on any atom is 0.158 e.